The van der Waals surface area contributed by atoms with Crippen molar-refractivity contribution in [3.63, 3.8) is 0 Å². The highest BCUT2D eigenvalue weighted by atomic mass is 35.5. The third-order valence-corrected chi connectivity index (χ3v) is 4.99. The van der Waals surface area contributed by atoms with Gasteiger partial charge in [0.2, 0.25) is 0 Å². The Morgan fingerprint density at radius 3 is 2.00 bits per heavy atom. The fourth-order valence-electron chi connectivity index (χ4n) is 3.29. The van der Waals surface area contributed by atoms with Crippen LogP contribution in [0.15, 0.2) is 48.5 Å². The van der Waals surface area contributed by atoms with Gasteiger partial charge < -0.3 is 24.6 Å². The fraction of sp³-hybridized carbons (Fsp3) is 0.458. The van der Waals surface area contributed by atoms with Gasteiger partial charge in [-0.2, -0.15) is 0 Å². The lowest BCUT2D eigenvalue weighted by molar-refractivity contribution is 0.0951. The van der Waals surface area contributed by atoms with E-state index < -0.39 is 0 Å². The van der Waals surface area contributed by atoms with Gasteiger partial charge in [-0.05, 0) is 64.3 Å². The summed E-state index contributed by atoms with van der Waals surface area (Å²) in [5.74, 6) is 1.10. The van der Waals surface area contributed by atoms with Crippen LogP contribution < -0.4 is 14.8 Å². The van der Waals surface area contributed by atoms with Crippen molar-refractivity contribution in [2.75, 3.05) is 54.5 Å². The number of carbonyl (C=O) groups excluding carboxylic acids is 1. The molecule has 0 heterocycles. The molecule has 8 heteroatoms. The van der Waals surface area contributed by atoms with E-state index in [2.05, 4.69) is 59.5 Å². The third kappa shape index (κ3) is 11.0. The molecule has 0 saturated heterocycles. The number of carbonyl (C=O) groups is 1. The first-order valence-electron chi connectivity index (χ1n) is 10.4. The average Bonchev–Trinajstić information content (AvgIpc) is 2.76. The molecule has 0 spiro atoms. The summed E-state index contributed by atoms with van der Waals surface area (Å²) in [5, 5.41) is 2.97. The van der Waals surface area contributed by atoms with E-state index in [1.54, 1.807) is 32.4 Å². The second-order valence-electron chi connectivity index (χ2n) is 7.59. The molecule has 180 valence electrons. The number of ether oxygens (including phenoxy) is 2. The molecule has 0 aliphatic rings. The van der Waals surface area contributed by atoms with Crippen molar-refractivity contribution >= 4 is 30.7 Å². The summed E-state index contributed by atoms with van der Waals surface area (Å²) in [5.41, 5.74) is 1.89. The van der Waals surface area contributed by atoms with Gasteiger partial charge in [0.15, 0.2) is 0 Å². The number of halogens is 2. The van der Waals surface area contributed by atoms with Crippen LogP contribution >= 0.6 is 24.8 Å². The number of methoxy groups -OCH3 is 2. The summed E-state index contributed by atoms with van der Waals surface area (Å²) in [4.78, 5) is 17.1. The van der Waals surface area contributed by atoms with E-state index in [0.717, 1.165) is 39.0 Å². The van der Waals surface area contributed by atoms with E-state index in [1.807, 2.05) is 0 Å². The number of nitrogens with zero attached hydrogens (tertiary/aromatic N) is 2. The highest BCUT2D eigenvalue weighted by Gasteiger charge is 2.09. The van der Waals surface area contributed by atoms with Crippen molar-refractivity contribution in [1.29, 1.82) is 0 Å². The number of rotatable bonds is 13. The van der Waals surface area contributed by atoms with Gasteiger partial charge >= 0.3 is 0 Å². The molecule has 0 bridgehead atoms. The molecule has 0 fully saturated rings. The molecule has 0 saturated carbocycles. The standard InChI is InChI=1S/C24H35N3O3.2ClH/c1-26(14-9-15-27(2)19-20-10-6-5-7-11-20)13-8-12-25-24(28)21-16-22(29-3)18-23(17-21)30-4;;/h5-7,10-11,16-18H,8-9,12-15,19H2,1-4H3,(H,25,28);2*1H. The first-order valence-corrected chi connectivity index (χ1v) is 10.4. The molecule has 2 aromatic carbocycles. The lowest BCUT2D eigenvalue weighted by Gasteiger charge is -2.20. The summed E-state index contributed by atoms with van der Waals surface area (Å²) in [6.45, 7) is 4.67. The lowest BCUT2D eigenvalue weighted by Crippen LogP contribution is -2.30. The lowest BCUT2D eigenvalue weighted by atomic mass is 10.2. The fourth-order valence-corrected chi connectivity index (χ4v) is 3.29. The van der Waals surface area contributed by atoms with Crippen molar-refractivity contribution in [1.82, 2.24) is 15.1 Å². The number of amides is 1. The summed E-state index contributed by atoms with van der Waals surface area (Å²) in [6, 6.07) is 15.7. The molecule has 1 amide bonds. The second kappa shape index (κ2) is 16.6. The number of hydrogen-bond acceptors (Lipinski definition) is 5. The SMILES string of the molecule is COc1cc(OC)cc(C(=O)NCCCN(C)CCCN(C)Cc2ccccc2)c1.Cl.Cl. The molecular formula is C24H37Cl2N3O3. The molecule has 1 N–H and O–H groups in total. The van der Waals surface area contributed by atoms with Crippen molar-refractivity contribution in [3.8, 4) is 11.5 Å². The van der Waals surface area contributed by atoms with Crippen LogP contribution in [0.1, 0.15) is 28.8 Å². The van der Waals surface area contributed by atoms with Crippen molar-refractivity contribution in [2.45, 2.75) is 19.4 Å². The first-order chi connectivity index (χ1) is 14.5. The summed E-state index contributed by atoms with van der Waals surface area (Å²) in [7, 11) is 7.44. The zero-order valence-corrected chi connectivity index (χ0v) is 21.1. The van der Waals surface area contributed by atoms with Gasteiger partial charge in [0.1, 0.15) is 11.5 Å². The van der Waals surface area contributed by atoms with Crippen LogP contribution in [0.25, 0.3) is 0 Å². The molecule has 0 aromatic heterocycles. The predicted octanol–water partition coefficient (Wildman–Crippen LogP) is 4.12. The van der Waals surface area contributed by atoms with Crippen molar-refractivity contribution < 1.29 is 14.3 Å². The Bertz CT molecular complexity index is 756. The monoisotopic (exact) mass is 485 g/mol. The number of hydrogen-bond donors (Lipinski definition) is 1. The molecule has 6 nitrogen and oxygen atoms in total. The zero-order valence-electron chi connectivity index (χ0n) is 19.5. The Labute approximate surface area is 205 Å². The molecule has 0 aliphatic carbocycles. The summed E-state index contributed by atoms with van der Waals surface area (Å²) in [6.07, 6.45) is 2.03. The molecule has 0 radical (unpaired) electrons. The van der Waals surface area contributed by atoms with Gasteiger partial charge in [-0.3, -0.25) is 4.79 Å². The van der Waals surface area contributed by atoms with E-state index in [4.69, 9.17) is 9.47 Å². The average molecular weight is 486 g/mol. The van der Waals surface area contributed by atoms with Crippen LogP contribution in [-0.2, 0) is 6.54 Å². The molecule has 0 atom stereocenters. The van der Waals surface area contributed by atoms with Crippen molar-refractivity contribution in [3.05, 3.63) is 59.7 Å². The normalized spacial score (nSPS) is 10.3. The molecule has 0 unspecified atom stereocenters. The van der Waals surface area contributed by atoms with E-state index in [0.29, 0.717) is 23.6 Å². The smallest absolute Gasteiger partial charge is 0.251 e. The first kappa shape index (κ1) is 30.0. The molecule has 0 aliphatic heterocycles. The maximum absolute atomic E-state index is 12.4. The Hall–Kier alpha value is -1.99. The largest absolute Gasteiger partial charge is 0.497 e. The van der Waals surface area contributed by atoms with Gasteiger partial charge in [0.25, 0.3) is 5.91 Å². The van der Waals surface area contributed by atoms with Gasteiger partial charge in [-0.15, -0.1) is 24.8 Å². The minimum Gasteiger partial charge on any atom is -0.497 e. The topological polar surface area (TPSA) is 54.0 Å². The second-order valence-corrected chi connectivity index (χ2v) is 7.59. The van der Waals surface area contributed by atoms with Crippen LogP contribution in [-0.4, -0.2) is 70.2 Å². The van der Waals surface area contributed by atoms with Crippen molar-refractivity contribution in [2.24, 2.45) is 0 Å². The maximum Gasteiger partial charge on any atom is 0.251 e. The Kier molecular flexibility index (Phi) is 15.6. The predicted molar refractivity (Wildman–Crippen MR) is 136 cm³/mol. The minimum atomic E-state index is -0.114. The molecule has 32 heavy (non-hydrogen) atoms. The van der Waals surface area contributed by atoms with Gasteiger partial charge in [-0.1, -0.05) is 30.3 Å². The van der Waals surface area contributed by atoms with Crippen LogP contribution in [0.2, 0.25) is 0 Å². The van der Waals surface area contributed by atoms with Gasteiger partial charge in [0.05, 0.1) is 14.2 Å². The third-order valence-electron chi connectivity index (χ3n) is 4.99. The van der Waals surface area contributed by atoms with E-state index in [-0.39, 0.29) is 30.7 Å². The molecular weight excluding hydrogens is 449 g/mol. The highest BCUT2D eigenvalue weighted by Crippen LogP contribution is 2.22. The Morgan fingerprint density at radius 1 is 0.844 bits per heavy atom. The van der Waals surface area contributed by atoms with Crippen LogP contribution in [0.5, 0.6) is 11.5 Å². The summed E-state index contributed by atoms with van der Waals surface area (Å²) < 4.78 is 10.4. The highest BCUT2D eigenvalue weighted by molar-refractivity contribution is 5.95. The van der Waals surface area contributed by atoms with Gasteiger partial charge in [0, 0.05) is 24.7 Å². The van der Waals surface area contributed by atoms with E-state index in [9.17, 15) is 4.79 Å². The summed E-state index contributed by atoms with van der Waals surface area (Å²) >= 11 is 0. The Morgan fingerprint density at radius 2 is 1.41 bits per heavy atom. The van der Waals surface area contributed by atoms with Crippen LogP contribution in [0, 0.1) is 0 Å². The Balaban J connectivity index is 0.00000480. The molecule has 2 aromatic rings. The van der Waals surface area contributed by atoms with E-state index >= 15 is 0 Å². The number of benzene rings is 2. The molecule has 2 rings (SSSR count). The minimum absolute atomic E-state index is 0. The zero-order chi connectivity index (χ0) is 21.8. The van der Waals surface area contributed by atoms with Crippen LogP contribution in [0.4, 0.5) is 0 Å². The number of nitrogens with one attached hydrogen (secondary N) is 1. The van der Waals surface area contributed by atoms with Crippen LogP contribution in [0.3, 0.4) is 0 Å². The van der Waals surface area contributed by atoms with E-state index in [1.165, 1.54) is 5.56 Å². The maximum atomic E-state index is 12.4. The quantitative estimate of drug-likeness (QED) is 0.432. The van der Waals surface area contributed by atoms with Gasteiger partial charge in [-0.25, -0.2) is 0 Å².